The Bertz CT molecular complexity index is 686. The molecule has 0 unspecified atom stereocenters. The molecule has 0 aromatic heterocycles. The van der Waals surface area contributed by atoms with E-state index in [1.54, 1.807) is 12.1 Å². The van der Waals surface area contributed by atoms with Crippen molar-refractivity contribution in [3.05, 3.63) is 64.5 Å². The number of ether oxygens (including phenoxy) is 1. The van der Waals surface area contributed by atoms with Crippen LogP contribution < -0.4 is 4.74 Å². The van der Waals surface area contributed by atoms with Gasteiger partial charge in [0.25, 0.3) is 0 Å². The lowest BCUT2D eigenvalue weighted by atomic mass is 10.0. The Morgan fingerprint density at radius 1 is 1.24 bits per heavy atom. The minimum Gasteiger partial charge on any atom is -0.489 e. The third-order valence-electron chi connectivity index (χ3n) is 3.46. The lowest BCUT2D eigenvalue weighted by Gasteiger charge is -2.13. The first-order valence-electron chi connectivity index (χ1n) is 6.93. The summed E-state index contributed by atoms with van der Waals surface area (Å²) in [5.74, 6) is 0.659. The van der Waals surface area contributed by atoms with Gasteiger partial charge in [0.1, 0.15) is 24.2 Å². The molecule has 3 heteroatoms. The van der Waals surface area contributed by atoms with Crippen LogP contribution in [0.3, 0.4) is 0 Å². The van der Waals surface area contributed by atoms with Gasteiger partial charge in [-0.3, -0.25) is 0 Å². The fraction of sp³-hybridized carbons (Fsp3) is 0.278. The smallest absolute Gasteiger partial charge is 0.147 e. The van der Waals surface area contributed by atoms with E-state index in [9.17, 15) is 4.39 Å². The number of aryl methyl sites for hydroxylation is 1. The molecular formula is C18H18FNO. The quantitative estimate of drug-likeness (QED) is 0.814. The number of nitrogens with zero attached hydrogens (tertiary/aromatic N) is 1. The molecule has 2 aromatic rings. The number of benzene rings is 2. The van der Waals surface area contributed by atoms with Gasteiger partial charge < -0.3 is 4.74 Å². The number of nitriles is 1. The van der Waals surface area contributed by atoms with E-state index < -0.39 is 5.82 Å². The van der Waals surface area contributed by atoms with Crippen LogP contribution in [-0.2, 0) is 6.61 Å². The van der Waals surface area contributed by atoms with E-state index in [2.05, 4.69) is 19.9 Å². The highest BCUT2D eigenvalue weighted by Gasteiger charge is 2.10. The van der Waals surface area contributed by atoms with Crippen molar-refractivity contribution in [1.29, 1.82) is 5.26 Å². The first-order chi connectivity index (χ1) is 10.0. The van der Waals surface area contributed by atoms with Crippen LogP contribution in [0.2, 0.25) is 0 Å². The lowest BCUT2D eigenvalue weighted by Crippen LogP contribution is -2.02. The molecule has 0 atom stereocenters. The molecule has 0 aliphatic rings. The van der Waals surface area contributed by atoms with E-state index in [-0.39, 0.29) is 12.2 Å². The van der Waals surface area contributed by atoms with Crippen LogP contribution in [0.4, 0.5) is 4.39 Å². The minimum atomic E-state index is -0.502. The summed E-state index contributed by atoms with van der Waals surface area (Å²) < 4.78 is 19.7. The fourth-order valence-corrected chi connectivity index (χ4v) is 2.06. The van der Waals surface area contributed by atoms with Gasteiger partial charge >= 0.3 is 0 Å². The number of halogens is 1. The van der Waals surface area contributed by atoms with Crippen LogP contribution in [0.15, 0.2) is 36.4 Å². The minimum absolute atomic E-state index is 0.0451. The Balaban J connectivity index is 2.21. The second-order valence-corrected chi connectivity index (χ2v) is 5.36. The molecule has 0 saturated heterocycles. The fourth-order valence-electron chi connectivity index (χ4n) is 2.06. The molecule has 0 N–H and O–H groups in total. The maximum Gasteiger partial charge on any atom is 0.147 e. The summed E-state index contributed by atoms with van der Waals surface area (Å²) in [7, 11) is 0. The van der Waals surface area contributed by atoms with Crippen molar-refractivity contribution in [3.8, 4) is 11.8 Å². The number of hydrogen-bond acceptors (Lipinski definition) is 2. The van der Waals surface area contributed by atoms with Crippen molar-refractivity contribution < 1.29 is 9.13 Å². The summed E-state index contributed by atoms with van der Waals surface area (Å²) in [6, 6.07) is 12.7. The summed E-state index contributed by atoms with van der Waals surface area (Å²) in [6.07, 6.45) is 0. The molecule has 0 bridgehead atoms. The predicted molar refractivity (Wildman–Crippen MR) is 80.7 cm³/mol. The summed E-state index contributed by atoms with van der Waals surface area (Å²) in [4.78, 5) is 0. The molecule has 21 heavy (non-hydrogen) atoms. The van der Waals surface area contributed by atoms with Gasteiger partial charge in [-0.05, 0) is 36.1 Å². The average Bonchev–Trinajstić information content (AvgIpc) is 2.47. The molecule has 0 amide bonds. The lowest BCUT2D eigenvalue weighted by molar-refractivity contribution is 0.297. The molecule has 0 fully saturated rings. The van der Waals surface area contributed by atoms with Crippen LogP contribution in [0.5, 0.6) is 5.75 Å². The normalized spacial score (nSPS) is 10.5. The Labute approximate surface area is 124 Å². The SMILES string of the molecule is Cc1ccc(C(C)C)cc1OCc1cccc(C#N)c1F. The van der Waals surface area contributed by atoms with Crippen molar-refractivity contribution in [2.75, 3.05) is 0 Å². The third-order valence-corrected chi connectivity index (χ3v) is 3.46. The molecule has 2 rings (SSSR count). The van der Waals surface area contributed by atoms with Gasteiger partial charge in [0.2, 0.25) is 0 Å². The maximum absolute atomic E-state index is 14.0. The monoisotopic (exact) mass is 283 g/mol. The Kier molecular flexibility index (Phi) is 4.59. The van der Waals surface area contributed by atoms with Crippen molar-refractivity contribution in [1.82, 2.24) is 0 Å². The van der Waals surface area contributed by atoms with Gasteiger partial charge in [-0.2, -0.15) is 5.26 Å². The molecule has 0 radical (unpaired) electrons. The van der Waals surface area contributed by atoms with E-state index in [4.69, 9.17) is 10.00 Å². The molecule has 0 aliphatic carbocycles. The first kappa shape index (κ1) is 15.1. The van der Waals surface area contributed by atoms with Crippen molar-refractivity contribution in [2.45, 2.75) is 33.3 Å². The molecule has 108 valence electrons. The third kappa shape index (κ3) is 3.41. The Morgan fingerprint density at radius 2 is 2.00 bits per heavy atom. The Hall–Kier alpha value is -2.34. The second kappa shape index (κ2) is 6.41. The van der Waals surface area contributed by atoms with E-state index in [1.807, 2.05) is 25.1 Å². The summed E-state index contributed by atoms with van der Waals surface area (Å²) in [5.41, 5.74) is 2.63. The van der Waals surface area contributed by atoms with Crippen LogP contribution in [0.1, 0.15) is 42.0 Å². The molecule has 0 spiro atoms. The second-order valence-electron chi connectivity index (χ2n) is 5.36. The number of rotatable bonds is 4. The summed E-state index contributed by atoms with van der Waals surface area (Å²) >= 11 is 0. The van der Waals surface area contributed by atoms with E-state index in [0.29, 0.717) is 11.5 Å². The van der Waals surface area contributed by atoms with Gasteiger partial charge in [0.05, 0.1) is 5.56 Å². The molecule has 2 aromatic carbocycles. The van der Waals surface area contributed by atoms with Gasteiger partial charge in [-0.15, -0.1) is 0 Å². The highest BCUT2D eigenvalue weighted by molar-refractivity contribution is 5.39. The van der Waals surface area contributed by atoms with E-state index in [1.165, 1.54) is 11.6 Å². The van der Waals surface area contributed by atoms with Gasteiger partial charge in [-0.1, -0.05) is 38.1 Å². The zero-order chi connectivity index (χ0) is 15.4. The zero-order valence-electron chi connectivity index (χ0n) is 12.5. The van der Waals surface area contributed by atoms with E-state index in [0.717, 1.165) is 11.3 Å². The summed E-state index contributed by atoms with van der Waals surface area (Å²) in [6.45, 7) is 6.31. The van der Waals surface area contributed by atoms with Crippen molar-refractivity contribution in [2.24, 2.45) is 0 Å². The van der Waals surface area contributed by atoms with Crippen LogP contribution in [0.25, 0.3) is 0 Å². The molecule has 0 aliphatic heterocycles. The van der Waals surface area contributed by atoms with Gasteiger partial charge in [0, 0.05) is 5.56 Å². The van der Waals surface area contributed by atoms with Gasteiger partial charge in [0.15, 0.2) is 0 Å². The maximum atomic E-state index is 14.0. The zero-order valence-corrected chi connectivity index (χ0v) is 12.5. The summed E-state index contributed by atoms with van der Waals surface area (Å²) in [5, 5.41) is 8.84. The van der Waals surface area contributed by atoms with Crippen molar-refractivity contribution in [3.63, 3.8) is 0 Å². The topological polar surface area (TPSA) is 33.0 Å². The Morgan fingerprint density at radius 3 is 2.67 bits per heavy atom. The van der Waals surface area contributed by atoms with Gasteiger partial charge in [-0.25, -0.2) is 4.39 Å². The van der Waals surface area contributed by atoms with E-state index >= 15 is 0 Å². The van der Waals surface area contributed by atoms with Crippen LogP contribution >= 0.6 is 0 Å². The number of hydrogen-bond donors (Lipinski definition) is 0. The molecular weight excluding hydrogens is 265 g/mol. The van der Waals surface area contributed by atoms with Crippen LogP contribution in [0, 0.1) is 24.1 Å². The predicted octanol–water partition coefficient (Wildman–Crippen LogP) is 4.71. The van der Waals surface area contributed by atoms with Crippen LogP contribution in [-0.4, -0.2) is 0 Å². The highest BCUT2D eigenvalue weighted by atomic mass is 19.1. The highest BCUT2D eigenvalue weighted by Crippen LogP contribution is 2.25. The standard InChI is InChI=1S/C18H18FNO/c1-12(2)14-8-7-13(3)17(9-14)21-11-16-6-4-5-15(10-20)18(16)19/h4-9,12H,11H2,1-3H3. The van der Waals surface area contributed by atoms with Crippen molar-refractivity contribution >= 4 is 0 Å². The molecule has 0 heterocycles. The first-order valence-corrected chi connectivity index (χ1v) is 6.93. The molecule has 0 saturated carbocycles. The average molecular weight is 283 g/mol. The molecule has 2 nitrogen and oxygen atoms in total. The largest absolute Gasteiger partial charge is 0.489 e.